The average molecular weight is 346 g/mol. The van der Waals surface area contributed by atoms with Gasteiger partial charge in [0.2, 0.25) is 0 Å². The summed E-state index contributed by atoms with van der Waals surface area (Å²) >= 11 is 3.42. The summed E-state index contributed by atoms with van der Waals surface area (Å²) in [6.07, 6.45) is 3.94. The first-order valence-electron chi connectivity index (χ1n) is 6.85. The molecule has 5 nitrogen and oxygen atoms in total. The zero-order valence-corrected chi connectivity index (χ0v) is 13.4. The van der Waals surface area contributed by atoms with Gasteiger partial charge in [-0.3, -0.25) is 4.68 Å². The minimum absolute atomic E-state index is 0.721. The minimum atomic E-state index is 0.721. The molecule has 2 heterocycles. The van der Waals surface area contributed by atoms with Gasteiger partial charge in [0.05, 0.1) is 23.1 Å². The zero-order valence-electron chi connectivity index (χ0n) is 11.8. The maximum absolute atomic E-state index is 9.29. The quantitative estimate of drug-likeness (QED) is 0.838. The van der Waals surface area contributed by atoms with Crippen LogP contribution < -0.4 is 9.80 Å². The van der Waals surface area contributed by atoms with Crippen molar-refractivity contribution in [2.75, 3.05) is 36.0 Å². The summed E-state index contributed by atoms with van der Waals surface area (Å²) < 4.78 is 2.77. The monoisotopic (exact) mass is 345 g/mol. The Morgan fingerprint density at radius 3 is 2.52 bits per heavy atom. The molecule has 1 fully saturated rings. The topological polar surface area (TPSA) is 48.1 Å². The number of aromatic nitrogens is 2. The summed E-state index contributed by atoms with van der Waals surface area (Å²) in [5.74, 6) is 0. The van der Waals surface area contributed by atoms with Gasteiger partial charge in [-0.25, -0.2) is 0 Å². The lowest BCUT2D eigenvalue weighted by Crippen LogP contribution is -2.46. The number of nitriles is 1. The number of hydrogen-bond donors (Lipinski definition) is 0. The first-order chi connectivity index (χ1) is 10.2. The molecule has 108 valence electrons. The molecule has 0 amide bonds. The second kappa shape index (κ2) is 5.78. The Labute approximate surface area is 132 Å². The van der Waals surface area contributed by atoms with Crippen molar-refractivity contribution in [3.63, 3.8) is 0 Å². The largest absolute Gasteiger partial charge is 0.367 e. The highest BCUT2D eigenvalue weighted by atomic mass is 79.9. The van der Waals surface area contributed by atoms with E-state index in [1.165, 1.54) is 0 Å². The van der Waals surface area contributed by atoms with Crippen molar-refractivity contribution >= 4 is 27.3 Å². The van der Waals surface area contributed by atoms with Crippen molar-refractivity contribution in [1.82, 2.24) is 9.78 Å². The van der Waals surface area contributed by atoms with Crippen LogP contribution in [-0.2, 0) is 7.05 Å². The van der Waals surface area contributed by atoms with Crippen LogP contribution in [0.5, 0.6) is 0 Å². The predicted octanol–water partition coefficient (Wildman–Crippen LogP) is 2.38. The van der Waals surface area contributed by atoms with Gasteiger partial charge in [0, 0.05) is 43.9 Å². The predicted molar refractivity (Wildman–Crippen MR) is 86.5 cm³/mol. The van der Waals surface area contributed by atoms with Crippen molar-refractivity contribution in [2.24, 2.45) is 7.05 Å². The van der Waals surface area contributed by atoms with E-state index in [1.807, 2.05) is 42.3 Å². The van der Waals surface area contributed by atoms with Gasteiger partial charge in [-0.2, -0.15) is 10.4 Å². The standard InChI is InChI=1S/C15H16BrN5/c1-19-11-14(10-18-19)20-4-6-21(7-5-20)15-3-2-13(16)8-12(15)9-17/h2-3,8,10-11H,4-7H2,1H3. The second-order valence-corrected chi connectivity index (χ2v) is 6.04. The highest BCUT2D eigenvalue weighted by Gasteiger charge is 2.20. The smallest absolute Gasteiger partial charge is 0.101 e. The van der Waals surface area contributed by atoms with Gasteiger partial charge in [0.1, 0.15) is 6.07 Å². The van der Waals surface area contributed by atoms with E-state index in [1.54, 1.807) is 0 Å². The molecule has 0 N–H and O–H groups in total. The molecule has 3 rings (SSSR count). The number of anilines is 2. The van der Waals surface area contributed by atoms with E-state index in [9.17, 15) is 5.26 Å². The number of piperazine rings is 1. The normalized spacial score (nSPS) is 15.1. The first-order valence-corrected chi connectivity index (χ1v) is 7.65. The fraction of sp³-hybridized carbons (Fsp3) is 0.333. The highest BCUT2D eigenvalue weighted by molar-refractivity contribution is 9.10. The lowest BCUT2D eigenvalue weighted by atomic mass is 10.1. The maximum atomic E-state index is 9.29. The Kier molecular flexibility index (Phi) is 3.84. The Morgan fingerprint density at radius 1 is 1.19 bits per heavy atom. The number of hydrogen-bond acceptors (Lipinski definition) is 4. The number of aryl methyl sites for hydroxylation is 1. The summed E-state index contributed by atoms with van der Waals surface area (Å²) in [5, 5.41) is 13.5. The van der Waals surface area contributed by atoms with Crippen LogP contribution in [0.3, 0.4) is 0 Å². The minimum Gasteiger partial charge on any atom is -0.367 e. The van der Waals surface area contributed by atoms with Crippen molar-refractivity contribution < 1.29 is 0 Å². The zero-order chi connectivity index (χ0) is 14.8. The third-order valence-corrected chi connectivity index (χ3v) is 4.25. The van der Waals surface area contributed by atoms with E-state index in [0.29, 0.717) is 0 Å². The summed E-state index contributed by atoms with van der Waals surface area (Å²) in [5.41, 5.74) is 2.90. The Hall–Kier alpha value is -2.00. The van der Waals surface area contributed by atoms with Crippen LogP contribution in [0.25, 0.3) is 0 Å². The summed E-state index contributed by atoms with van der Waals surface area (Å²) in [6, 6.07) is 8.17. The van der Waals surface area contributed by atoms with Crippen LogP contribution in [-0.4, -0.2) is 36.0 Å². The van der Waals surface area contributed by atoms with Crippen molar-refractivity contribution in [3.05, 3.63) is 40.6 Å². The van der Waals surface area contributed by atoms with Crippen LogP contribution in [0.15, 0.2) is 35.1 Å². The van der Waals surface area contributed by atoms with Gasteiger partial charge in [-0.15, -0.1) is 0 Å². The molecule has 0 spiro atoms. The van der Waals surface area contributed by atoms with Gasteiger partial charge in [-0.05, 0) is 18.2 Å². The molecular formula is C15H16BrN5. The van der Waals surface area contributed by atoms with Crippen LogP contribution in [0.2, 0.25) is 0 Å². The van der Waals surface area contributed by atoms with Crippen LogP contribution in [0.4, 0.5) is 11.4 Å². The van der Waals surface area contributed by atoms with E-state index in [0.717, 1.165) is 47.6 Å². The Balaban J connectivity index is 1.73. The van der Waals surface area contributed by atoms with Crippen LogP contribution in [0.1, 0.15) is 5.56 Å². The fourth-order valence-corrected chi connectivity index (χ4v) is 3.01. The molecule has 0 atom stereocenters. The summed E-state index contributed by atoms with van der Waals surface area (Å²) in [7, 11) is 1.93. The average Bonchev–Trinajstić information content (AvgIpc) is 2.94. The maximum Gasteiger partial charge on any atom is 0.101 e. The Morgan fingerprint density at radius 2 is 1.90 bits per heavy atom. The van der Waals surface area contributed by atoms with Crippen LogP contribution >= 0.6 is 15.9 Å². The molecule has 0 aliphatic carbocycles. The SMILES string of the molecule is Cn1cc(N2CCN(c3ccc(Br)cc3C#N)CC2)cn1. The van der Waals surface area contributed by atoms with Gasteiger partial charge >= 0.3 is 0 Å². The third-order valence-electron chi connectivity index (χ3n) is 3.76. The molecule has 0 unspecified atom stereocenters. The molecule has 0 bridgehead atoms. The molecule has 1 aromatic heterocycles. The number of benzene rings is 1. The fourth-order valence-electron chi connectivity index (χ4n) is 2.65. The molecule has 1 saturated heterocycles. The highest BCUT2D eigenvalue weighted by Crippen LogP contribution is 2.26. The third kappa shape index (κ3) is 2.88. The molecule has 1 aliphatic rings. The lowest BCUT2D eigenvalue weighted by molar-refractivity contribution is 0.652. The molecule has 0 saturated carbocycles. The van der Waals surface area contributed by atoms with Crippen molar-refractivity contribution in [2.45, 2.75) is 0 Å². The number of rotatable bonds is 2. The van der Waals surface area contributed by atoms with Gasteiger partial charge in [0.25, 0.3) is 0 Å². The summed E-state index contributed by atoms with van der Waals surface area (Å²) in [4.78, 5) is 4.60. The van der Waals surface area contributed by atoms with E-state index in [4.69, 9.17) is 0 Å². The molecule has 6 heteroatoms. The molecule has 0 radical (unpaired) electrons. The molecule has 2 aromatic rings. The second-order valence-electron chi connectivity index (χ2n) is 5.12. The molecule has 21 heavy (non-hydrogen) atoms. The van der Waals surface area contributed by atoms with Crippen molar-refractivity contribution in [3.8, 4) is 6.07 Å². The first kappa shape index (κ1) is 14.0. The van der Waals surface area contributed by atoms with Gasteiger partial charge in [0.15, 0.2) is 0 Å². The van der Waals surface area contributed by atoms with E-state index >= 15 is 0 Å². The number of nitrogens with zero attached hydrogens (tertiary/aromatic N) is 5. The van der Waals surface area contributed by atoms with Crippen LogP contribution in [0, 0.1) is 11.3 Å². The lowest BCUT2D eigenvalue weighted by Gasteiger charge is -2.37. The van der Waals surface area contributed by atoms with E-state index in [-0.39, 0.29) is 0 Å². The van der Waals surface area contributed by atoms with Gasteiger partial charge in [-0.1, -0.05) is 15.9 Å². The Bertz CT molecular complexity index is 680. The van der Waals surface area contributed by atoms with Crippen molar-refractivity contribution in [1.29, 1.82) is 5.26 Å². The van der Waals surface area contributed by atoms with E-state index in [2.05, 4.69) is 36.9 Å². The summed E-state index contributed by atoms with van der Waals surface area (Å²) in [6.45, 7) is 3.69. The van der Waals surface area contributed by atoms with E-state index < -0.39 is 0 Å². The number of halogens is 1. The molecule has 1 aromatic carbocycles. The molecule has 1 aliphatic heterocycles. The van der Waals surface area contributed by atoms with Gasteiger partial charge < -0.3 is 9.80 Å². The molecular weight excluding hydrogens is 330 g/mol.